The number of amides is 1. The van der Waals surface area contributed by atoms with Gasteiger partial charge in [-0.05, 0) is 43.5 Å². The van der Waals surface area contributed by atoms with Crippen molar-refractivity contribution in [1.82, 2.24) is 19.7 Å². The SMILES string of the molecule is CCOC(=O)C1CCN(C(=O)CSc2nnc(Cc3ccccc3)n2-c2ccc(Cl)c(Cl)c2)CC1. The lowest BCUT2D eigenvalue weighted by atomic mass is 9.97. The Morgan fingerprint density at radius 1 is 1.06 bits per heavy atom. The van der Waals surface area contributed by atoms with E-state index >= 15 is 0 Å². The molecule has 10 heteroatoms. The largest absolute Gasteiger partial charge is 0.466 e. The monoisotopic (exact) mass is 532 g/mol. The van der Waals surface area contributed by atoms with Gasteiger partial charge in [0.15, 0.2) is 5.16 Å². The van der Waals surface area contributed by atoms with Gasteiger partial charge in [-0.15, -0.1) is 10.2 Å². The molecule has 0 radical (unpaired) electrons. The number of piperidine rings is 1. The number of likely N-dealkylation sites (tertiary alicyclic amines) is 1. The quantitative estimate of drug-likeness (QED) is 0.298. The minimum Gasteiger partial charge on any atom is -0.466 e. The van der Waals surface area contributed by atoms with E-state index < -0.39 is 0 Å². The van der Waals surface area contributed by atoms with Crippen molar-refractivity contribution in [2.45, 2.75) is 31.3 Å². The van der Waals surface area contributed by atoms with Gasteiger partial charge in [-0.2, -0.15) is 0 Å². The molecule has 0 bridgehead atoms. The zero-order valence-electron chi connectivity index (χ0n) is 19.3. The van der Waals surface area contributed by atoms with Crippen LogP contribution in [0.3, 0.4) is 0 Å². The van der Waals surface area contributed by atoms with E-state index in [-0.39, 0.29) is 23.5 Å². The van der Waals surface area contributed by atoms with E-state index in [9.17, 15) is 9.59 Å². The van der Waals surface area contributed by atoms with Crippen molar-refractivity contribution in [1.29, 1.82) is 0 Å². The summed E-state index contributed by atoms with van der Waals surface area (Å²) in [5.74, 6) is 0.652. The Labute approximate surface area is 218 Å². The molecule has 2 aromatic carbocycles. The minimum absolute atomic E-state index is 0.00519. The topological polar surface area (TPSA) is 77.3 Å². The van der Waals surface area contributed by atoms with E-state index in [1.807, 2.05) is 41.0 Å². The summed E-state index contributed by atoms with van der Waals surface area (Å²) in [4.78, 5) is 26.7. The van der Waals surface area contributed by atoms with Crippen LogP contribution in [-0.2, 0) is 20.7 Å². The highest BCUT2D eigenvalue weighted by atomic mass is 35.5. The van der Waals surface area contributed by atoms with Gasteiger partial charge in [0.1, 0.15) is 5.82 Å². The highest BCUT2D eigenvalue weighted by molar-refractivity contribution is 7.99. The van der Waals surface area contributed by atoms with Gasteiger partial charge in [0.25, 0.3) is 0 Å². The van der Waals surface area contributed by atoms with Gasteiger partial charge >= 0.3 is 5.97 Å². The summed E-state index contributed by atoms with van der Waals surface area (Å²) in [6.45, 7) is 3.26. The van der Waals surface area contributed by atoms with Crippen molar-refractivity contribution in [2.24, 2.45) is 5.92 Å². The number of ether oxygens (including phenoxy) is 1. The summed E-state index contributed by atoms with van der Waals surface area (Å²) in [6, 6.07) is 15.4. The molecule has 1 amide bonds. The number of aromatic nitrogens is 3. The first-order valence-electron chi connectivity index (χ1n) is 11.5. The number of nitrogens with zero attached hydrogens (tertiary/aromatic N) is 4. The van der Waals surface area contributed by atoms with Crippen LogP contribution >= 0.6 is 35.0 Å². The Balaban J connectivity index is 1.48. The summed E-state index contributed by atoms with van der Waals surface area (Å²) in [7, 11) is 0. The fourth-order valence-electron chi connectivity index (χ4n) is 4.01. The van der Waals surface area contributed by atoms with Gasteiger partial charge < -0.3 is 9.64 Å². The van der Waals surface area contributed by atoms with Crippen molar-refractivity contribution >= 4 is 46.8 Å². The molecule has 1 aliphatic heterocycles. The van der Waals surface area contributed by atoms with Crippen LogP contribution in [0.25, 0.3) is 5.69 Å². The van der Waals surface area contributed by atoms with E-state index in [1.165, 1.54) is 11.8 Å². The number of carbonyl (C=O) groups excluding carboxylic acids is 2. The molecule has 0 aliphatic carbocycles. The van der Waals surface area contributed by atoms with Crippen LogP contribution in [0.5, 0.6) is 0 Å². The molecule has 3 aromatic rings. The maximum Gasteiger partial charge on any atom is 0.309 e. The zero-order chi connectivity index (χ0) is 24.8. The van der Waals surface area contributed by atoms with Crippen molar-refractivity contribution < 1.29 is 14.3 Å². The van der Waals surface area contributed by atoms with Crippen molar-refractivity contribution in [3.8, 4) is 5.69 Å². The number of rotatable bonds is 8. The second-order valence-corrected chi connectivity index (χ2v) is 9.95. The van der Waals surface area contributed by atoms with Crippen LogP contribution in [0.4, 0.5) is 0 Å². The molecule has 0 spiro atoms. The fourth-order valence-corrected chi connectivity index (χ4v) is 5.18. The third-order valence-electron chi connectivity index (χ3n) is 5.86. The Kier molecular flexibility index (Phi) is 8.70. The molecule has 0 unspecified atom stereocenters. The Bertz CT molecular complexity index is 1180. The number of hydrogen-bond acceptors (Lipinski definition) is 6. The molecule has 1 saturated heterocycles. The molecule has 184 valence electrons. The number of carbonyl (C=O) groups is 2. The summed E-state index contributed by atoms with van der Waals surface area (Å²) in [5, 5.41) is 10.3. The maximum atomic E-state index is 12.9. The standard InChI is InChI=1S/C25H26Cl2N4O3S/c1-2-34-24(33)18-10-12-30(13-11-18)23(32)16-35-25-29-28-22(14-17-6-4-3-5-7-17)31(25)19-8-9-20(26)21(27)15-19/h3-9,15,18H,2,10-14,16H2,1H3. The molecular formula is C25H26Cl2N4O3S. The maximum absolute atomic E-state index is 12.9. The molecule has 0 atom stereocenters. The second-order valence-electron chi connectivity index (χ2n) is 8.19. The number of hydrogen-bond donors (Lipinski definition) is 0. The summed E-state index contributed by atoms with van der Waals surface area (Å²) < 4.78 is 7.03. The predicted molar refractivity (Wildman–Crippen MR) is 137 cm³/mol. The average Bonchev–Trinajstić information content (AvgIpc) is 3.27. The van der Waals surface area contributed by atoms with Gasteiger partial charge in [-0.3, -0.25) is 14.2 Å². The van der Waals surface area contributed by atoms with Crippen molar-refractivity contribution in [2.75, 3.05) is 25.4 Å². The Hall–Kier alpha value is -2.55. The first-order valence-corrected chi connectivity index (χ1v) is 13.2. The molecular weight excluding hydrogens is 507 g/mol. The number of halogens is 2. The third-order valence-corrected chi connectivity index (χ3v) is 7.51. The molecule has 0 saturated carbocycles. The van der Waals surface area contributed by atoms with Crippen molar-refractivity contribution in [3.63, 3.8) is 0 Å². The van der Waals surface area contributed by atoms with E-state index in [0.717, 1.165) is 17.1 Å². The van der Waals surface area contributed by atoms with Crippen LogP contribution in [0.2, 0.25) is 10.0 Å². The first kappa shape index (κ1) is 25.5. The normalized spacial score (nSPS) is 14.2. The van der Waals surface area contributed by atoms with E-state index in [4.69, 9.17) is 27.9 Å². The number of thioether (sulfide) groups is 1. The number of benzene rings is 2. The van der Waals surface area contributed by atoms with E-state index in [2.05, 4.69) is 10.2 Å². The van der Waals surface area contributed by atoms with Gasteiger partial charge in [-0.25, -0.2) is 0 Å². The first-order chi connectivity index (χ1) is 17.0. The lowest BCUT2D eigenvalue weighted by Crippen LogP contribution is -2.41. The van der Waals surface area contributed by atoms with Crippen LogP contribution in [-0.4, -0.2) is 57.0 Å². The molecule has 1 aromatic heterocycles. The lowest BCUT2D eigenvalue weighted by Gasteiger charge is -2.30. The van der Waals surface area contributed by atoms with Gasteiger partial charge in [0.2, 0.25) is 5.91 Å². The smallest absolute Gasteiger partial charge is 0.309 e. The highest BCUT2D eigenvalue weighted by Gasteiger charge is 2.28. The molecule has 1 aliphatic rings. The lowest BCUT2D eigenvalue weighted by molar-refractivity contribution is -0.151. The minimum atomic E-state index is -0.172. The summed E-state index contributed by atoms with van der Waals surface area (Å²) in [6.07, 6.45) is 1.82. The van der Waals surface area contributed by atoms with Gasteiger partial charge in [-0.1, -0.05) is 65.3 Å². The highest BCUT2D eigenvalue weighted by Crippen LogP contribution is 2.29. The molecule has 7 nitrogen and oxygen atoms in total. The second kappa shape index (κ2) is 11.9. The average molecular weight is 533 g/mol. The van der Waals surface area contributed by atoms with Crippen LogP contribution in [0.15, 0.2) is 53.7 Å². The van der Waals surface area contributed by atoms with Crippen LogP contribution in [0, 0.1) is 5.92 Å². The molecule has 35 heavy (non-hydrogen) atoms. The number of esters is 1. The summed E-state index contributed by atoms with van der Waals surface area (Å²) in [5.41, 5.74) is 1.87. The van der Waals surface area contributed by atoms with Crippen LogP contribution < -0.4 is 0 Å². The molecule has 4 rings (SSSR count). The molecule has 0 N–H and O–H groups in total. The van der Waals surface area contributed by atoms with Gasteiger partial charge in [0, 0.05) is 19.5 Å². The Morgan fingerprint density at radius 2 is 1.80 bits per heavy atom. The third kappa shape index (κ3) is 6.37. The molecule has 2 heterocycles. The fraction of sp³-hybridized carbons (Fsp3) is 0.360. The van der Waals surface area contributed by atoms with Gasteiger partial charge in [0.05, 0.1) is 34.0 Å². The predicted octanol–water partition coefficient (Wildman–Crippen LogP) is 5.06. The van der Waals surface area contributed by atoms with E-state index in [1.54, 1.807) is 24.0 Å². The van der Waals surface area contributed by atoms with E-state index in [0.29, 0.717) is 54.2 Å². The van der Waals surface area contributed by atoms with Crippen molar-refractivity contribution in [3.05, 3.63) is 70.0 Å². The molecule has 1 fully saturated rings. The Morgan fingerprint density at radius 3 is 2.49 bits per heavy atom. The zero-order valence-corrected chi connectivity index (χ0v) is 21.7. The summed E-state index contributed by atoms with van der Waals surface area (Å²) >= 11 is 13.8. The van der Waals surface area contributed by atoms with Crippen LogP contribution in [0.1, 0.15) is 31.2 Å².